The van der Waals surface area contributed by atoms with Crippen molar-refractivity contribution >= 4 is 11.7 Å². The second-order valence-corrected chi connectivity index (χ2v) is 3.43. The number of nitrogens with two attached hydrogens (primary N) is 1. The van der Waals surface area contributed by atoms with E-state index in [1.807, 2.05) is 6.92 Å². The lowest BCUT2D eigenvalue weighted by molar-refractivity contribution is 0.0447. The van der Waals surface area contributed by atoms with Crippen molar-refractivity contribution in [2.75, 3.05) is 25.6 Å². The van der Waals surface area contributed by atoms with Gasteiger partial charge in [-0.25, -0.2) is 9.18 Å². The predicted molar refractivity (Wildman–Crippen MR) is 62.2 cm³/mol. The first kappa shape index (κ1) is 13.4. The standard InChI is InChI=1S/C12H16FNO3/c1-2-16-6-3-7-17-12(15)10-8-9(14)4-5-11(10)13/h4-5,8H,2-3,6-7,14H2,1H3. The van der Waals surface area contributed by atoms with Crippen LogP contribution < -0.4 is 5.73 Å². The third kappa shape index (κ3) is 4.40. The van der Waals surface area contributed by atoms with Gasteiger partial charge < -0.3 is 15.2 Å². The molecule has 0 fully saturated rings. The number of nitrogen functional groups attached to an aromatic ring is 1. The van der Waals surface area contributed by atoms with Crippen molar-refractivity contribution in [2.45, 2.75) is 13.3 Å². The molecular formula is C12H16FNO3. The lowest BCUT2D eigenvalue weighted by atomic mass is 10.2. The minimum Gasteiger partial charge on any atom is -0.462 e. The normalized spacial score (nSPS) is 10.2. The zero-order valence-corrected chi connectivity index (χ0v) is 9.74. The third-order valence-corrected chi connectivity index (χ3v) is 2.08. The Hall–Kier alpha value is -1.62. The highest BCUT2D eigenvalue weighted by Gasteiger charge is 2.13. The van der Waals surface area contributed by atoms with Gasteiger partial charge in [0.2, 0.25) is 0 Å². The molecule has 0 aliphatic heterocycles. The molecule has 94 valence electrons. The van der Waals surface area contributed by atoms with E-state index < -0.39 is 11.8 Å². The highest BCUT2D eigenvalue weighted by molar-refractivity contribution is 5.90. The summed E-state index contributed by atoms with van der Waals surface area (Å²) in [5, 5.41) is 0. The predicted octanol–water partition coefficient (Wildman–Crippen LogP) is 1.99. The summed E-state index contributed by atoms with van der Waals surface area (Å²) in [5.74, 6) is -1.33. The van der Waals surface area contributed by atoms with E-state index >= 15 is 0 Å². The average Bonchev–Trinajstić information content (AvgIpc) is 2.32. The summed E-state index contributed by atoms with van der Waals surface area (Å²) < 4.78 is 23.2. The summed E-state index contributed by atoms with van der Waals surface area (Å²) in [6, 6.07) is 3.80. The Labute approximate surface area is 99.5 Å². The van der Waals surface area contributed by atoms with E-state index in [-0.39, 0.29) is 12.2 Å². The van der Waals surface area contributed by atoms with Gasteiger partial charge in [0.25, 0.3) is 0 Å². The topological polar surface area (TPSA) is 61.5 Å². The third-order valence-electron chi connectivity index (χ3n) is 2.08. The van der Waals surface area contributed by atoms with Crippen LogP contribution in [0.3, 0.4) is 0 Å². The molecule has 0 saturated heterocycles. The molecule has 0 aromatic heterocycles. The minimum absolute atomic E-state index is 0.138. The Morgan fingerprint density at radius 2 is 2.18 bits per heavy atom. The van der Waals surface area contributed by atoms with Crippen molar-refractivity contribution in [3.63, 3.8) is 0 Å². The van der Waals surface area contributed by atoms with Crippen LogP contribution in [0.2, 0.25) is 0 Å². The van der Waals surface area contributed by atoms with Gasteiger partial charge in [0.15, 0.2) is 0 Å². The summed E-state index contributed by atoms with van der Waals surface area (Å²) in [5.41, 5.74) is 5.65. The average molecular weight is 241 g/mol. The van der Waals surface area contributed by atoms with E-state index in [0.717, 1.165) is 6.07 Å². The summed E-state index contributed by atoms with van der Waals surface area (Å²) >= 11 is 0. The fourth-order valence-electron chi connectivity index (χ4n) is 1.25. The fraction of sp³-hybridized carbons (Fsp3) is 0.417. The van der Waals surface area contributed by atoms with Crippen LogP contribution in [0.15, 0.2) is 18.2 Å². The van der Waals surface area contributed by atoms with Gasteiger partial charge in [-0.1, -0.05) is 0 Å². The number of esters is 1. The molecule has 1 aromatic rings. The SMILES string of the molecule is CCOCCCOC(=O)c1cc(N)ccc1F. The van der Waals surface area contributed by atoms with Gasteiger partial charge in [-0.2, -0.15) is 0 Å². The molecule has 5 heteroatoms. The highest BCUT2D eigenvalue weighted by Crippen LogP contribution is 2.13. The van der Waals surface area contributed by atoms with Gasteiger partial charge in [-0.15, -0.1) is 0 Å². The molecule has 4 nitrogen and oxygen atoms in total. The Balaban J connectivity index is 2.44. The van der Waals surface area contributed by atoms with E-state index in [2.05, 4.69) is 0 Å². The molecule has 17 heavy (non-hydrogen) atoms. The van der Waals surface area contributed by atoms with Crippen LogP contribution in [0.4, 0.5) is 10.1 Å². The van der Waals surface area contributed by atoms with Crippen molar-refractivity contribution in [3.8, 4) is 0 Å². The number of hydrogen-bond donors (Lipinski definition) is 1. The Morgan fingerprint density at radius 3 is 2.88 bits per heavy atom. The van der Waals surface area contributed by atoms with Crippen LogP contribution in [0.5, 0.6) is 0 Å². The Bertz CT molecular complexity index is 382. The number of anilines is 1. The minimum atomic E-state index is -0.703. The molecule has 0 saturated carbocycles. The van der Waals surface area contributed by atoms with Crippen LogP contribution in [0.1, 0.15) is 23.7 Å². The summed E-state index contributed by atoms with van der Waals surface area (Å²) in [4.78, 5) is 11.5. The first-order valence-corrected chi connectivity index (χ1v) is 5.45. The Morgan fingerprint density at radius 1 is 1.41 bits per heavy atom. The monoisotopic (exact) mass is 241 g/mol. The quantitative estimate of drug-likeness (QED) is 0.470. The van der Waals surface area contributed by atoms with E-state index in [1.165, 1.54) is 12.1 Å². The zero-order chi connectivity index (χ0) is 12.7. The van der Waals surface area contributed by atoms with Gasteiger partial charge in [-0.05, 0) is 25.1 Å². The van der Waals surface area contributed by atoms with Crippen LogP contribution in [-0.2, 0) is 9.47 Å². The number of benzene rings is 1. The molecule has 0 aliphatic carbocycles. The van der Waals surface area contributed by atoms with Gasteiger partial charge in [0, 0.05) is 25.3 Å². The van der Waals surface area contributed by atoms with Crippen molar-refractivity contribution in [2.24, 2.45) is 0 Å². The summed E-state index contributed by atoms with van der Waals surface area (Å²) in [6.07, 6.45) is 0.587. The van der Waals surface area contributed by atoms with Crippen LogP contribution in [0, 0.1) is 5.82 Å². The number of carbonyl (C=O) groups is 1. The number of halogens is 1. The lowest BCUT2D eigenvalue weighted by Crippen LogP contribution is -2.10. The molecule has 0 radical (unpaired) electrons. The zero-order valence-electron chi connectivity index (χ0n) is 9.74. The van der Waals surface area contributed by atoms with Crippen LogP contribution in [-0.4, -0.2) is 25.8 Å². The van der Waals surface area contributed by atoms with E-state index in [9.17, 15) is 9.18 Å². The van der Waals surface area contributed by atoms with Gasteiger partial charge in [0.1, 0.15) is 5.82 Å². The second-order valence-electron chi connectivity index (χ2n) is 3.43. The molecule has 0 unspecified atom stereocenters. The molecule has 1 rings (SSSR count). The Kier molecular flexibility index (Phi) is 5.42. The molecular weight excluding hydrogens is 225 g/mol. The molecule has 0 spiro atoms. The molecule has 0 bridgehead atoms. The summed E-state index contributed by atoms with van der Waals surface area (Å²) in [6.45, 7) is 3.22. The molecule has 0 aliphatic rings. The van der Waals surface area contributed by atoms with Gasteiger partial charge in [-0.3, -0.25) is 0 Å². The number of ether oxygens (including phenoxy) is 2. The maximum atomic E-state index is 13.3. The van der Waals surface area contributed by atoms with Gasteiger partial charge in [0.05, 0.1) is 12.2 Å². The molecule has 0 amide bonds. The second kappa shape index (κ2) is 6.85. The molecule has 0 heterocycles. The van der Waals surface area contributed by atoms with E-state index in [1.54, 1.807) is 0 Å². The number of hydrogen-bond acceptors (Lipinski definition) is 4. The highest BCUT2D eigenvalue weighted by atomic mass is 19.1. The lowest BCUT2D eigenvalue weighted by Gasteiger charge is -2.06. The number of carbonyl (C=O) groups excluding carboxylic acids is 1. The molecule has 0 atom stereocenters. The largest absolute Gasteiger partial charge is 0.462 e. The van der Waals surface area contributed by atoms with Gasteiger partial charge >= 0.3 is 5.97 Å². The fourth-order valence-corrected chi connectivity index (χ4v) is 1.25. The maximum Gasteiger partial charge on any atom is 0.341 e. The van der Waals surface area contributed by atoms with Crippen molar-refractivity contribution in [1.82, 2.24) is 0 Å². The molecule has 2 N–H and O–H groups in total. The smallest absolute Gasteiger partial charge is 0.341 e. The number of rotatable bonds is 6. The van der Waals surface area contributed by atoms with Crippen molar-refractivity contribution in [1.29, 1.82) is 0 Å². The van der Waals surface area contributed by atoms with E-state index in [4.69, 9.17) is 15.2 Å². The van der Waals surface area contributed by atoms with E-state index in [0.29, 0.717) is 25.3 Å². The van der Waals surface area contributed by atoms with Crippen molar-refractivity contribution in [3.05, 3.63) is 29.6 Å². The first-order valence-electron chi connectivity index (χ1n) is 5.45. The molecule has 1 aromatic carbocycles. The summed E-state index contributed by atoms with van der Waals surface area (Å²) in [7, 11) is 0. The van der Waals surface area contributed by atoms with Crippen LogP contribution in [0.25, 0.3) is 0 Å². The van der Waals surface area contributed by atoms with Crippen LogP contribution >= 0.6 is 0 Å². The van der Waals surface area contributed by atoms with Crippen molar-refractivity contribution < 1.29 is 18.7 Å². The maximum absolute atomic E-state index is 13.3. The first-order chi connectivity index (χ1) is 8.15.